The van der Waals surface area contributed by atoms with Crippen LogP contribution in [0.4, 0.5) is 8.78 Å². The van der Waals surface area contributed by atoms with Crippen molar-refractivity contribution in [2.75, 3.05) is 33.2 Å². The molecule has 156 valence electrons. The van der Waals surface area contributed by atoms with Crippen LogP contribution in [0.1, 0.15) is 46.5 Å². The lowest BCUT2D eigenvalue weighted by Gasteiger charge is -2.43. The normalized spacial score (nSPS) is 25.1. The molecule has 2 rings (SSSR count). The molecule has 2 aliphatic heterocycles. The SMILES string of the molecule is CC(C)NC(=O)C(CCC(C)NC(=O)CC1CCN(C)C1)N1CC(F)(F)C1. The summed E-state index contributed by atoms with van der Waals surface area (Å²) >= 11 is 0. The molecule has 6 nitrogen and oxygen atoms in total. The number of hydrogen-bond donors (Lipinski definition) is 2. The van der Waals surface area contributed by atoms with E-state index in [1.54, 1.807) is 0 Å². The van der Waals surface area contributed by atoms with Crippen molar-refractivity contribution in [1.82, 2.24) is 20.4 Å². The highest BCUT2D eigenvalue weighted by Crippen LogP contribution is 2.30. The first-order chi connectivity index (χ1) is 12.6. The van der Waals surface area contributed by atoms with Gasteiger partial charge in [0, 0.05) is 25.0 Å². The molecule has 3 unspecified atom stereocenters. The summed E-state index contributed by atoms with van der Waals surface area (Å²) in [6.07, 6.45) is 2.58. The molecule has 3 atom stereocenters. The molecule has 2 fully saturated rings. The third kappa shape index (κ3) is 6.99. The zero-order valence-electron chi connectivity index (χ0n) is 16.9. The molecule has 0 aromatic rings. The molecule has 2 N–H and O–H groups in total. The van der Waals surface area contributed by atoms with Gasteiger partial charge in [-0.2, -0.15) is 0 Å². The van der Waals surface area contributed by atoms with Gasteiger partial charge < -0.3 is 15.5 Å². The van der Waals surface area contributed by atoms with E-state index in [0.717, 1.165) is 19.5 Å². The van der Waals surface area contributed by atoms with Gasteiger partial charge in [-0.05, 0) is 59.5 Å². The van der Waals surface area contributed by atoms with Crippen molar-refractivity contribution >= 4 is 11.8 Å². The minimum absolute atomic E-state index is 0.0291. The van der Waals surface area contributed by atoms with Crippen LogP contribution in [0, 0.1) is 5.92 Å². The van der Waals surface area contributed by atoms with Gasteiger partial charge in [-0.3, -0.25) is 14.5 Å². The van der Waals surface area contributed by atoms with Crippen molar-refractivity contribution in [3.63, 3.8) is 0 Å². The Kier molecular flexibility index (Phi) is 7.56. The fourth-order valence-electron chi connectivity index (χ4n) is 3.90. The summed E-state index contributed by atoms with van der Waals surface area (Å²) in [4.78, 5) is 28.4. The molecule has 27 heavy (non-hydrogen) atoms. The number of nitrogens with zero attached hydrogens (tertiary/aromatic N) is 2. The Balaban J connectivity index is 1.78. The maximum atomic E-state index is 13.2. The average Bonchev–Trinajstić information content (AvgIpc) is 2.89. The second-order valence-electron chi connectivity index (χ2n) is 8.61. The Morgan fingerprint density at radius 2 is 1.81 bits per heavy atom. The van der Waals surface area contributed by atoms with Crippen LogP contribution in [0.15, 0.2) is 0 Å². The molecule has 2 aliphatic rings. The maximum Gasteiger partial charge on any atom is 0.272 e. The summed E-state index contributed by atoms with van der Waals surface area (Å²) in [5, 5.41) is 5.81. The van der Waals surface area contributed by atoms with E-state index in [2.05, 4.69) is 22.6 Å². The van der Waals surface area contributed by atoms with Crippen LogP contribution in [0.5, 0.6) is 0 Å². The largest absolute Gasteiger partial charge is 0.354 e. The van der Waals surface area contributed by atoms with E-state index in [-0.39, 0.29) is 37.0 Å². The molecule has 0 aromatic carbocycles. The zero-order valence-corrected chi connectivity index (χ0v) is 16.9. The number of carbonyl (C=O) groups is 2. The van der Waals surface area contributed by atoms with Crippen molar-refractivity contribution in [2.45, 2.75) is 70.5 Å². The van der Waals surface area contributed by atoms with E-state index in [4.69, 9.17) is 0 Å². The van der Waals surface area contributed by atoms with Gasteiger partial charge in [0.05, 0.1) is 19.1 Å². The summed E-state index contributed by atoms with van der Waals surface area (Å²) in [5.74, 6) is -2.49. The minimum Gasteiger partial charge on any atom is -0.354 e. The molecule has 0 aliphatic carbocycles. The van der Waals surface area contributed by atoms with Crippen LogP contribution in [0.2, 0.25) is 0 Å². The van der Waals surface area contributed by atoms with Gasteiger partial charge in [-0.15, -0.1) is 0 Å². The summed E-state index contributed by atoms with van der Waals surface area (Å²) in [5.41, 5.74) is 0. The van der Waals surface area contributed by atoms with E-state index >= 15 is 0 Å². The van der Waals surface area contributed by atoms with Crippen molar-refractivity contribution in [3.8, 4) is 0 Å². The maximum absolute atomic E-state index is 13.2. The van der Waals surface area contributed by atoms with Crippen molar-refractivity contribution in [3.05, 3.63) is 0 Å². The van der Waals surface area contributed by atoms with Gasteiger partial charge in [0.15, 0.2) is 0 Å². The van der Waals surface area contributed by atoms with Crippen LogP contribution in [-0.4, -0.2) is 78.9 Å². The zero-order chi connectivity index (χ0) is 20.2. The van der Waals surface area contributed by atoms with Gasteiger partial charge in [0.2, 0.25) is 11.8 Å². The lowest BCUT2D eigenvalue weighted by Crippen LogP contribution is -2.63. The van der Waals surface area contributed by atoms with Crippen molar-refractivity contribution < 1.29 is 18.4 Å². The molecule has 0 radical (unpaired) electrons. The molecule has 0 spiro atoms. The van der Waals surface area contributed by atoms with Crippen LogP contribution in [0.25, 0.3) is 0 Å². The third-order valence-corrected chi connectivity index (χ3v) is 5.29. The number of nitrogens with one attached hydrogen (secondary N) is 2. The Morgan fingerprint density at radius 1 is 1.15 bits per heavy atom. The second-order valence-corrected chi connectivity index (χ2v) is 8.61. The first-order valence-electron chi connectivity index (χ1n) is 9.96. The summed E-state index contributed by atoms with van der Waals surface area (Å²) < 4.78 is 26.5. The van der Waals surface area contributed by atoms with Crippen LogP contribution >= 0.6 is 0 Å². The number of rotatable bonds is 9. The predicted octanol–water partition coefficient (Wildman–Crippen LogP) is 1.46. The molecule has 0 aromatic heterocycles. The lowest BCUT2D eigenvalue weighted by atomic mass is 9.99. The molecule has 2 amide bonds. The van der Waals surface area contributed by atoms with Crippen LogP contribution in [0.3, 0.4) is 0 Å². The van der Waals surface area contributed by atoms with Gasteiger partial charge in [-0.1, -0.05) is 0 Å². The van der Waals surface area contributed by atoms with E-state index in [1.807, 2.05) is 20.8 Å². The number of hydrogen-bond acceptors (Lipinski definition) is 4. The van der Waals surface area contributed by atoms with Gasteiger partial charge >= 0.3 is 0 Å². The Hall–Kier alpha value is -1.28. The van der Waals surface area contributed by atoms with Crippen molar-refractivity contribution in [1.29, 1.82) is 0 Å². The molecule has 2 heterocycles. The van der Waals surface area contributed by atoms with E-state index in [0.29, 0.717) is 25.2 Å². The van der Waals surface area contributed by atoms with Gasteiger partial charge in [0.25, 0.3) is 5.92 Å². The third-order valence-electron chi connectivity index (χ3n) is 5.29. The quantitative estimate of drug-likeness (QED) is 0.628. The topological polar surface area (TPSA) is 64.7 Å². The lowest BCUT2D eigenvalue weighted by molar-refractivity contribution is -0.159. The predicted molar refractivity (Wildman–Crippen MR) is 101 cm³/mol. The van der Waals surface area contributed by atoms with Crippen LogP contribution in [-0.2, 0) is 9.59 Å². The molecule has 0 bridgehead atoms. The molecular formula is C19H34F2N4O2. The highest BCUT2D eigenvalue weighted by Gasteiger charge is 2.48. The Labute approximate surface area is 161 Å². The molecule has 0 saturated carbocycles. The molecule has 2 saturated heterocycles. The number of carbonyl (C=O) groups excluding carboxylic acids is 2. The molecule has 8 heteroatoms. The number of likely N-dealkylation sites (tertiary alicyclic amines) is 2. The first kappa shape index (κ1) is 22.0. The van der Waals surface area contributed by atoms with Crippen molar-refractivity contribution in [2.24, 2.45) is 5.92 Å². The van der Waals surface area contributed by atoms with E-state index in [9.17, 15) is 18.4 Å². The van der Waals surface area contributed by atoms with E-state index < -0.39 is 12.0 Å². The number of alkyl halides is 2. The molecular weight excluding hydrogens is 354 g/mol. The first-order valence-corrected chi connectivity index (χ1v) is 9.96. The highest BCUT2D eigenvalue weighted by atomic mass is 19.3. The summed E-state index contributed by atoms with van der Waals surface area (Å²) in [6.45, 7) is 6.83. The minimum atomic E-state index is -2.70. The Bertz CT molecular complexity index is 522. The fraction of sp³-hybridized carbons (Fsp3) is 0.895. The smallest absolute Gasteiger partial charge is 0.272 e. The number of amides is 2. The summed E-state index contributed by atoms with van der Waals surface area (Å²) in [7, 11) is 2.06. The second kappa shape index (κ2) is 9.28. The summed E-state index contributed by atoms with van der Waals surface area (Å²) in [6, 6.07) is -0.703. The van der Waals surface area contributed by atoms with Gasteiger partial charge in [0.1, 0.15) is 0 Å². The average molecular weight is 389 g/mol. The standard InChI is InChI=1S/C19H34F2N4O2/c1-13(2)22-18(27)16(25-11-19(20,21)12-25)6-5-14(3)23-17(26)9-15-7-8-24(4)10-15/h13-16H,5-12H2,1-4H3,(H,22,27)(H,23,26). The fourth-order valence-corrected chi connectivity index (χ4v) is 3.90. The Morgan fingerprint density at radius 3 is 2.33 bits per heavy atom. The van der Waals surface area contributed by atoms with Crippen LogP contribution < -0.4 is 10.6 Å². The van der Waals surface area contributed by atoms with Gasteiger partial charge in [-0.25, -0.2) is 8.78 Å². The van der Waals surface area contributed by atoms with E-state index in [1.165, 1.54) is 4.90 Å². The number of halogens is 2. The monoisotopic (exact) mass is 388 g/mol. The highest BCUT2D eigenvalue weighted by molar-refractivity contribution is 5.82.